The fraction of sp³-hybridized carbons (Fsp3) is 0.526. The second-order valence-corrected chi connectivity index (χ2v) is 5.54. The smallest absolute Gasteiger partial charge is 0.305 e. The first-order valence-electron chi connectivity index (χ1n) is 8.05. The lowest BCUT2D eigenvalue weighted by molar-refractivity contribution is -0.140. The normalized spacial score (nSPS) is 11.9. The van der Waals surface area contributed by atoms with Crippen molar-refractivity contribution in [2.45, 2.75) is 45.1 Å². The molecule has 0 amide bonds. The molecule has 0 aliphatic rings. The minimum absolute atomic E-state index is 0.125. The van der Waals surface area contributed by atoms with Crippen molar-refractivity contribution in [3.05, 3.63) is 48.6 Å². The molecule has 0 N–H and O–H groups in total. The Morgan fingerprint density at radius 3 is 2.68 bits per heavy atom. The molecule has 1 aromatic carbocycles. The van der Waals surface area contributed by atoms with Crippen LogP contribution in [0.1, 0.15) is 44.1 Å². The van der Waals surface area contributed by atoms with E-state index in [-0.39, 0.29) is 5.97 Å². The number of ether oxygens (including phenoxy) is 2. The molecule has 122 valence electrons. The summed E-state index contributed by atoms with van der Waals surface area (Å²) in [5.41, 5.74) is 1.21. The van der Waals surface area contributed by atoms with Crippen LogP contribution in [-0.4, -0.2) is 19.7 Å². The van der Waals surface area contributed by atoms with Gasteiger partial charge in [0.1, 0.15) is 0 Å². The number of benzene rings is 1. The van der Waals surface area contributed by atoms with Gasteiger partial charge in [-0.15, -0.1) is 6.58 Å². The number of carbonyl (C=O) groups excluding carboxylic acids is 1. The maximum absolute atomic E-state index is 11.2. The number of hydrogen-bond acceptors (Lipinski definition) is 3. The predicted octanol–water partition coefficient (Wildman–Crippen LogP) is 4.52. The van der Waals surface area contributed by atoms with E-state index in [1.807, 2.05) is 24.3 Å². The third-order valence-electron chi connectivity index (χ3n) is 3.75. The molecule has 0 bridgehead atoms. The third kappa shape index (κ3) is 8.63. The number of rotatable bonds is 12. The molecule has 1 atom stereocenters. The summed E-state index contributed by atoms with van der Waals surface area (Å²) in [4.78, 5) is 11.2. The zero-order valence-corrected chi connectivity index (χ0v) is 13.6. The van der Waals surface area contributed by atoms with Crippen molar-refractivity contribution in [2.24, 2.45) is 5.92 Å². The van der Waals surface area contributed by atoms with E-state index in [1.165, 1.54) is 12.7 Å². The van der Waals surface area contributed by atoms with E-state index in [1.54, 1.807) is 0 Å². The first-order valence-corrected chi connectivity index (χ1v) is 8.05. The Labute approximate surface area is 134 Å². The average Bonchev–Trinajstić information content (AvgIpc) is 2.56. The molecule has 0 aliphatic carbocycles. The SMILES string of the molecule is C=CC[C@H](CCCCOCc1ccccc1)CCC(=O)OC. The van der Waals surface area contributed by atoms with E-state index in [2.05, 4.69) is 18.7 Å². The second-order valence-electron chi connectivity index (χ2n) is 5.54. The first kappa shape index (κ1) is 18.4. The second kappa shape index (κ2) is 12.0. The number of unbranched alkanes of at least 4 members (excludes halogenated alkanes) is 1. The minimum atomic E-state index is -0.125. The van der Waals surface area contributed by atoms with Crippen LogP contribution in [0, 0.1) is 5.92 Å². The molecule has 1 aromatic rings. The molecule has 0 spiro atoms. The summed E-state index contributed by atoms with van der Waals surface area (Å²) >= 11 is 0. The van der Waals surface area contributed by atoms with Crippen LogP contribution < -0.4 is 0 Å². The zero-order valence-electron chi connectivity index (χ0n) is 13.6. The van der Waals surface area contributed by atoms with Crippen LogP contribution in [-0.2, 0) is 20.9 Å². The van der Waals surface area contributed by atoms with Gasteiger partial charge in [0.15, 0.2) is 0 Å². The van der Waals surface area contributed by atoms with Crippen LogP contribution >= 0.6 is 0 Å². The average molecular weight is 304 g/mol. The maximum atomic E-state index is 11.2. The van der Waals surface area contributed by atoms with Crippen molar-refractivity contribution >= 4 is 5.97 Å². The Hall–Kier alpha value is -1.61. The Morgan fingerprint density at radius 2 is 2.00 bits per heavy atom. The van der Waals surface area contributed by atoms with Crippen LogP contribution in [0.2, 0.25) is 0 Å². The van der Waals surface area contributed by atoms with Gasteiger partial charge in [-0.1, -0.05) is 49.2 Å². The molecule has 3 heteroatoms. The molecule has 0 fully saturated rings. The summed E-state index contributed by atoms with van der Waals surface area (Å²) in [6.45, 7) is 5.26. The number of hydrogen-bond donors (Lipinski definition) is 0. The van der Waals surface area contributed by atoms with Crippen molar-refractivity contribution in [1.29, 1.82) is 0 Å². The van der Waals surface area contributed by atoms with Gasteiger partial charge in [-0.05, 0) is 30.7 Å². The molecular weight excluding hydrogens is 276 g/mol. The van der Waals surface area contributed by atoms with E-state index in [0.717, 1.165) is 38.7 Å². The third-order valence-corrected chi connectivity index (χ3v) is 3.75. The van der Waals surface area contributed by atoms with Gasteiger partial charge in [-0.2, -0.15) is 0 Å². The van der Waals surface area contributed by atoms with Crippen LogP contribution in [0.5, 0.6) is 0 Å². The molecule has 1 rings (SSSR count). The molecule has 0 unspecified atom stereocenters. The Kier molecular flexibility index (Phi) is 10.0. The predicted molar refractivity (Wildman–Crippen MR) is 89.5 cm³/mol. The molecule has 0 radical (unpaired) electrons. The highest BCUT2D eigenvalue weighted by atomic mass is 16.5. The molecule has 3 nitrogen and oxygen atoms in total. The lowest BCUT2D eigenvalue weighted by atomic mass is 9.93. The number of esters is 1. The minimum Gasteiger partial charge on any atom is -0.469 e. The number of methoxy groups -OCH3 is 1. The van der Waals surface area contributed by atoms with E-state index in [0.29, 0.717) is 18.9 Å². The van der Waals surface area contributed by atoms with Gasteiger partial charge in [-0.3, -0.25) is 4.79 Å². The number of allylic oxidation sites excluding steroid dienone is 1. The summed E-state index contributed by atoms with van der Waals surface area (Å²) < 4.78 is 10.4. The van der Waals surface area contributed by atoms with Gasteiger partial charge >= 0.3 is 5.97 Å². The molecule has 22 heavy (non-hydrogen) atoms. The molecule has 0 heterocycles. The summed E-state index contributed by atoms with van der Waals surface area (Å²) in [5.74, 6) is 0.394. The summed E-state index contributed by atoms with van der Waals surface area (Å²) in [5, 5.41) is 0. The van der Waals surface area contributed by atoms with Crippen molar-refractivity contribution in [3.63, 3.8) is 0 Å². The lowest BCUT2D eigenvalue weighted by Gasteiger charge is -2.14. The lowest BCUT2D eigenvalue weighted by Crippen LogP contribution is -2.06. The summed E-state index contributed by atoms with van der Waals surface area (Å²) in [6.07, 6.45) is 7.56. The van der Waals surface area contributed by atoms with Crippen LogP contribution in [0.15, 0.2) is 43.0 Å². The van der Waals surface area contributed by atoms with E-state index < -0.39 is 0 Å². The van der Waals surface area contributed by atoms with Gasteiger partial charge in [0, 0.05) is 13.0 Å². The van der Waals surface area contributed by atoms with Crippen molar-refractivity contribution in [3.8, 4) is 0 Å². The monoisotopic (exact) mass is 304 g/mol. The topological polar surface area (TPSA) is 35.5 Å². The summed E-state index contributed by atoms with van der Waals surface area (Å²) in [7, 11) is 1.44. The first-order chi connectivity index (χ1) is 10.8. The Balaban J connectivity index is 2.09. The zero-order chi connectivity index (χ0) is 16.0. The summed E-state index contributed by atoms with van der Waals surface area (Å²) in [6, 6.07) is 10.2. The highest BCUT2D eigenvalue weighted by Crippen LogP contribution is 2.19. The Bertz CT molecular complexity index is 414. The largest absolute Gasteiger partial charge is 0.469 e. The van der Waals surface area contributed by atoms with Gasteiger partial charge in [0.2, 0.25) is 0 Å². The van der Waals surface area contributed by atoms with Crippen molar-refractivity contribution < 1.29 is 14.3 Å². The fourth-order valence-electron chi connectivity index (χ4n) is 2.44. The van der Waals surface area contributed by atoms with Crippen molar-refractivity contribution in [2.75, 3.05) is 13.7 Å². The fourth-order valence-corrected chi connectivity index (χ4v) is 2.44. The molecule has 0 saturated heterocycles. The van der Waals surface area contributed by atoms with Gasteiger partial charge in [0.05, 0.1) is 13.7 Å². The molecule has 0 aliphatic heterocycles. The van der Waals surface area contributed by atoms with Crippen molar-refractivity contribution in [1.82, 2.24) is 0 Å². The van der Waals surface area contributed by atoms with E-state index in [9.17, 15) is 4.79 Å². The Morgan fingerprint density at radius 1 is 1.23 bits per heavy atom. The molecule has 0 aromatic heterocycles. The van der Waals surface area contributed by atoms with E-state index in [4.69, 9.17) is 9.47 Å². The molecule has 0 saturated carbocycles. The highest BCUT2D eigenvalue weighted by Gasteiger charge is 2.10. The van der Waals surface area contributed by atoms with Crippen LogP contribution in [0.3, 0.4) is 0 Å². The van der Waals surface area contributed by atoms with Crippen LogP contribution in [0.25, 0.3) is 0 Å². The quantitative estimate of drug-likeness (QED) is 0.323. The van der Waals surface area contributed by atoms with Gasteiger partial charge < -0.3 is 9.47 Å². The van der Waals surface area contributed by atoms with Gasteiger partial charge in [-0.25, -0.2) is 0 Å². The maximum Gasteiger partial charge on any atom is 0.305 e. The molecular formula is C19H28O3. The van der Waals surface area contributed by atoms with Crippen LogP contribution in [0.4, 0.5) is 0 Å². The number of carbonyl (C=O) groups is 1. The highest BCUT2D eigenvalue weighted by molar-refractivity contribution is 5.69. The van der Waals surface area contributed by atoms with E-state index >= 15 is 0 Å². The van der Waals surface area contributed by atoms with Gasteiger partial charge in [0.25, 0.3) is 0 Å². The standard InChI is InChI=1S/C19H28O3/c1-3-9-17(13-14-19(20)21-2)10-7-8-15-22-16-18-11-5-4-6-12-18/h3-6,11-12,17H,1,7-10,13-16H2,2H3/t17-/m1/s1.